The van der Waals surface area contributed by atoms with Gasteiger partial charge in [-0.2, -0.15) is 0 Å². The normalized spacial score (nSPS) is 26.1. The Kier molecular flexibility index (Phi) is 1.96. The molecule has 2 heteroatoms. The summed E-state index contributed by atoms with van der Waals surface area (Å²) in [5, 5.41) is 10.1. The third kappa shape index (κ3) is 1.36. The SMILES string of the molecule is Cc1ccc2c(c1)C(=O)CC[C@@]2(C)O. The minimum absolute atomic E-state index is 0.148. The molecule has 0 saturated carbocycles. The first-order valence-corrected chi connectivity index (χ1v) is 4.87. The van der Waals surface area contributed by atoms with Crippen LogP contribution in [-0.2, 0) is 5.60 Å². The number of hydrogen-bond donors (Lipinski definition) is 1. The number of carbonyl (C=O) groups is 1. The van der Waals surface area contributed by atoms with Gasteiger partial charge in [-0.3, -0.25) is 4.79 Å². The summed E-state index contributed by atoms with van der Waals surface area (Å²) in [5.74, 6) is 0.148. The predicted molar refractivity (Wildman–Crippen MR) is 54.3 cm³/mol. The molecule has 1 aliphatic carbocycles. The summed E-state index contributed by atoms with van der Waals surface area (Å²) in [6, 6.07) is 5.67. The third-order valence-electron chi connectivity index (χ3n) is 2.89. The van der Waals surface area contributed by atoms with Gasteiger partial charge in [0, 0.05) is 12.0 Å². The number of benzene rings is 1. The molecule has 1 aromatic carbocycles. The molecule has 2 nitrogen and oxygen atoms in total. The summed E-state index contributed by atoms with van der Waals surface area (Å²) in [5.41, 5.74) is 1.70. The van der Waals surface area contributed by atoms with Crippen LogP contribution in [-0.4, -0.2) is 10.9 Å². The monoisotopic (exact) mass is 190 g/mol. The number of rotatable bonds is 0. The van der Waals surface area contributed by atoms with Crippen LogP contribution in [0.2, 0.25) is 0 Å². The molecule has 0 aliphatic heterocycles. The first-order chi connectivity index (χ1) is 6.50. The second-order valence-corrected chi connectivity index (χ2v) is 4.25. The van der Waals surface area contributed by atoms with E-state index >= 15 is 0 Å². The molecule has 74 valence electrons. The Morgan fingerprint density at radius 3 is 2.86 bits per heavy atom. The zero-order valence-corrected chi connectivity index (χ0v) is 8.50. The van der Waals surface area contributed by atoms with Crippen LogP contribution >= 0.6 is 0 Å². The molecule has 1 N–H and O–H groups in total. The van der Waals surface area contributed by atoms with Gasteiger partial charge in [0.05, 0.1) is 5.60 Å². The van der Waals surface area contributed by atoms with Crippen LogP contribution in [0.3, 0.4) is 0 Å². The number of hydrogen-bond acceptors (Lipinski definition) is 2. The fourth-order valence-electron chi connectivity index (χ4n) is 1.98. The van der Waals surface area contributed by atoms with E-state index in [-0.39, 0.29) is 5.78 Å². The highest BCUT2D eigenvalue weighted by atomic mass is 16.3. The van der Waals surface area contributed by atoms with E-state index in [0.29, 0.717) is 18.4 Å². The molecule has 0 bridgehead atoms. The standard InChI is InChI=1S/C12H14O2/c1-8-3-4-10-9(7-8)11(13)5-6-12(10,2)14/h3-4,7,14H,5-6H2,1-2H3/t12-/m1/s1. The molecule has 0 radical (unpaired) electrons. The summed E-state index contributed by atoms with van der Waals surface area (Å²) in [4.78, 5) is 11.6. The third-order valence-corrected chi connectivity index (χ3v) is 2.89. The Bertz CT molecular complexity index is 391. The first kappa shape index (κ1) is 9.41. The van der Waals surface area contributed by atoms with Crippen molar-refractivity contribution in [2.75, 3.05) is 0 Å². The van der Waals surface area contributed by atoms with Crippen LogP contribution in [0.1, 0.15) is 41.3 Å². The summed E-state index contributed by atoms with van der Waals surface area (Å²) >= 11 is 0. The maximum Gasteiger partial charge on any atom is 0.163 e. The topological polar surface area (TPSA) is 37.3 Å². The van der Waals surface area contributed by atoms with Gasteiger partial charge in [-0.25, -0.2) is 0 Å². The fourth-order valence-corrected chi connectivity index (χ4v) is 1.98. The second kappa shape index (κ2) is 2.92. The van der Waals surface area contributed by atoms with E-state index in [1.165, 1.54) is 0 Å². The predicted octanol–water partition coefficient (Wildman–Crippen LogP) is 2.18. The van der Waals surface area contributed by atoms with Crippen LogP contribution in [0.5, 0.6) is 0 Å². The van der Waals surface area contributed by atoms with Gasteiger partial charge < -0.3 is 5.11 Å². The number of ketones is 1. The van der Waals surface area contributed by atoms with Gasteiger partial charge in [-0.1, -0.05) is 17.7 Å². The lowest BCUT2D eigenvalue weighted by Gasteiger charge is -2.30. The van der Waals surface area contributed by atoms with Crippen molar-refractivity contribution in [3.8, 4) is 0 Å². The van der Waals surface area contributed by atoms with Gasteiger partial charge in [-0.05, 0) is 31.9 Å². The van der Waals surface area contributed by atoms with Gasteiger partial charge >= 0.3 is 0 Å². The van der Waals surface area contributed by atoms with Crippen LogP contribution in [0.4, 0.5) is 0 Å². The molecule has 14 heavy (non-hydrogen) atoms. The van der Waals surface area contributed by atoms with Crippen LogP contribution in [0, 0.1) is 6.92 Å². The Labute approximate surface area is 83.6 Å². The molecule has 0 heterocycles. The van der Waals surface area contributed by atoms with E-state index in [1.807, 2.05) is 25.1 Å². The van der Waals surface area contributed by atoms with E-state index in [1.54, 1.807) is 6.92 Å². The average molecular weight is 190 g/mol. The molecule has 0 saturated heterocycles. The lowest BCUT2D eigenvalue weighted by atomic mass is 9.79. The van der Waals surface area contributed by atoms with E-state index in [2.05, 4.69) is 0 Å². The lowest BCUT2D eigenvalue weighted by Crippen LogP contribution is -2.29. The summed E-state index contributed by atoms with van der Waals surface area (Å²) in [6.45, 7) is 3.73. The highest BCUT2D eigenvalue weighted by molar-refractivity contribution is 5.99. The van der Waals surface area contributed by atoms with Crippen molar-refractivity contribution < 1.29 is 9.90 Å². The Balaban J connectivity index is 2.63. The molecular formula is C12H14O2. The second-order valence-electron chi connectivity index (χ2n) is 4.25. The van der Waals surface area contributed by atoms with Gasteiger partial charge in [0.25, 0.3) is 0 Å². The molecule has 1 atom stereocenters. The maximum atomic E-state index is 11.6. The van der Waals surface area contributed by atoms with Crippen molar-refractivity contribution in [1.29, 1.82) is 0 Å². The van der Waals surface area contributed by atoms with Crippen molar-refractivity contribution >= 4 is 5.78 Å². The molecule has 2 rings (SSSR count). The highest BCUT2D eigenvalue weighted by Crippen LogP contribution is 2.34. The maximum absolute atomic E-state index is 11.6. The first-order valence-electron chi connectivity index (χ1n) is 4.87. The molecule has 0 amide bonds. The number of aryl methyl sites for hydroxylation is 1. The van der Waals surface area contributed by atoms with Crippen molar-refractivity contribution in [3.63, 3.8) is 0 Å². The summed E-state index contributed by atoms with van der Waals surface area (Å²) in [7, 11) is 0. The number of carbonyl (C=O) groups excluding carboxylic acids is 1. The van der Waals surface area contributed by atoms with Gasteiger partial charge in [0.1, 0.15) is 0 Å². The fraction of sp³-hybridized carbons (Fsp3) is 0.417. The molecule has 1 aromatic rings. The quantitative estimate of drug-likeness (QED) is 0.680. The van der Waals surface area contributed by atoms with Crippen molar-refractivity contribution in [2.45, 2.75) is 32.3 Å². The van der Waals surface area contributed by atoms with Crippen molar-refractivity contribution in [2.24, 2.45) is 0 Å². The molecule has 0 fully saturated rings. The highest BCUT2D eigenvalue weighted by Gasteiger charge is 2.33. The minimum atomic E-state index is -0.836. The van der Waals surface area contributed by atoms with Gasteiger partial charge in [-0.15, -0.1) is 0 Å². The van der Waals surface area contributed by atoms with E-state index in [0.717, 1.165) is 11.1 Å². The van der Waals surface area contributed by atoms with Crippen molar-refractivity contribution in [1.82, 2.24) is 0 Å². The van der Waals surface area contributed by atoms with E-state index < -0.39 is 5.60 Å². The Hall–Kier alpha value is -1.15. The molecule has 1 aliphatic rings. The van der Waals surface area contributed by atoms with E-state index in [9.17, 15) is 9.90 Å². The van der Waals surface area contributed by atoms with Crippen LogP contribution in [0.25, 0.3) is 0 Å². The Morgan fingerprint density at radius 1 is 1.43 bits per heavy atom. The number of fused-ring (bicyclic) bond motifs is 1. The summed E-state index contributed by atoms with van der Waals surface area (Å²) in [6.07, 6.45) is 0.978. The van der Waals surface area contributed by atoms with Gasteiger partial charge in [0.15, 0.2) is 5.78 Å². The molecular weight excluding hydrogens is 176 g/mol. The van der Waals surface area contributed by atoms with E-state index in [4.69, 9.17) is 0 Å². The molecule has 0 spiro atoms. The minimum Gasteiger partial charge on any atom is -0.385 e. The Morgan fingerprint density at radius 2 is 2.14 bits per heavy atom. The number of Topliss-reactive ketones (excluding diaryl/α,β-unsaturated/α-hetero) is 1. The largest absolute Gasteiger partial charge is 0.385 e. The van der Waals surface area contributed by atoms with Crippen LogP contribution in [0.15, 0.2) is 18.2 Å². The van der Waals surface area contributed by atoms with Crippen molar-refractivity contribution in [3.05, 3.63) is 34.9 Å². The summed E-state index contributed by atoms with van der Waals surface area (Å²) < 4.78 is 0. The zero-order chi connectivity index (χ0) is 10.3. The average Bonchev–Trinajstić information content (AvgIpc) is 2.12. The molecule has 0 unspecified atom stereocenters. The van der Waals surface area contributed by atoms with Gasteiger partial charge in [0.2, 0.25) is 0 Å². The molecule has 0 aromatic heterocycles. The lowest BCUT2D eigenvalue weighted by molar-refractivity contribution is 0.0364. The smallest absolute Gasteiger partial charge is 0.163 e. The number of aliphatic hydroxyl groups is 1. The zero-order valence-electron chi connectivity index (χ0n) is 8.50. The van der Waals surface area contributed by atoms with Crippen LogP contribution < -0.4 is 0 Å².